The third-order valence-electron chi connectivity index (χ3n) is 5.10. The minimum absolute atomic E-state index is 0.0854. The van der Waals surface area contributed by atoms with Gasteiger partial charge < -0.3 is 14.8 Å². The van der Waals surface area contributed by atoms with Crippen LogP contribution in [-0.2, 0) is 4.79 Å². The molecule has 3 rings (SSSR count). The summed E-state index contributed by atoms with van der Waals surface area (Å²) in [5.41, 5.74) is -0.683. The Bertz CT molecular complexity index is 606. The number of hydrogen-bond donors (Lipinski definition) is 1. The molecule has 2 aliphatic rings. The number of amides is 3. The van der Waals surface area contributed by atoms with Crippen molar-refractivity contribution in [1.29, 1.82) is 0 Å². The summed E-state index contributed by atoms with van der Waals surface area (Å²) >= 11 is 0. The molecular formula is C19H26N2O4. The van der Waals surface area contributed by atoms with E-state index in [0.717, 1.165) is 44.3 Å². The Hall–Kier alpha value is -2.24. The molecule has 0 aromatic heterocycles. The largest absolute Gasteiger partial charge is 0.497 e. The number of hydrogen-bond acceptors (Lipinski definition) is 4. The number of methoxy groups -OCH3 is 1. The summed E-state index contributed by atoms with van der Waals surface area (Å²) in [4.78, 5) is 26.5. The highest BCUT2D eigenvalue weighted by molar-refractivity contribution is 6.07. The van der Waals surface area contributed by atoms with Gasteiger partial charge >= 0.3 is 6.03 Å². The number of nitrogens with one attached hydrogen (secondary N) is 1. The Morgan fingerprint density at radius 3 is 2.24 bits per heavy atom. The van der Waals surface area contributed by atoms with Gasteiger partial charge in [0, 0.05) is 0 Å². The summed E-state index contributed by atoms with van der Waals surface area (Å²) in [6.07, 6.45) is 6.94. The molecule has 25 heavy (non-hydrogen) atoms. The summed E-state index contributed by atoms with van der Waals surface area (Å²) in [6.45, 7) is 0.542. The molecule has 1 spiro atoms. The molecule has 0 unspecified atom stereocenters. The zero-order valence-corrected chi connectivity index (χ0v) is 14.8. The molecule has 0 atom stereocenters. The second kappa shape index (κ2) is 7.76. The molecule has 1 saturated heterocycles. The summed E-state index contributed by atoms with van der Waals surface area (Å²) in [5.74, 6) is 1.36. The summed E-state index contributed by atoms with van der Waals surface area (Å²) in [7, 11) is 1.61. The minimum atomic E-state index is -0.683. The molecule has 1 heterocycles. The van der Waals surface area contributed by atoms with E-state index in [1.54, 1.807) is 19.2 Å². The Labute approximate surface area is 148 Å². The van der Waals surface area contributed by atoms with Gasteiger partial charge in [0.2, 0.25) is 0 Å². The van der Waals surface area contributed by atoms with Crippen molar-refractivity contribution >= 4 is 11.9 Å². The first-order chi connectivity index (χ1) is 12.1. The van der Waals surface area contributed by atoms with Crippen LogP contribution in [0, 0.1) is 0 Å². The van der Waals surface area contributed by atoms with Gasteiger partial charge in [-0.2, -0.15) is 0 Å². The molecule has 1 N–H and O–H groups in total. The van der Waals surface area contributed by atoms with Gasteiger partial charge in [-0.3, -0.25) is 9.69 Å². The first kappa shape index (κ1) is 17.6. The average molecular weight is 346 g/mol. The van der Waals surface area contributed by atoms with Crippen molar-refractivity contribution in [3.63, 3.8) is 0 Å². The molecule has 0 bridgehead atoms. The third-order valence-corrected chi connectivity index (χ3v) is 5.10. The molecule has 1 aromatic rings. The van der Waals surface area contributed by atoms with Gasteiger partial charge in [0.05, 0.1) is 13.7 Å². The molecule has 3 amide bonds. The fourth-order valence-electron chi connectivity index (χ4n) is 3.65. The Kier molecular flexibility index (Phi) is 5.46. The minimum Gasteiger partial charge on any atom is -0.497 e. The molecule has 2 fully saturated rings. The maximum Gasteiger partial charge on any atom is 0.325 e. The predicted octanol–water partition coefficient (Wildman–Crippen LogP) is 3.11. The topological polar surface area (TPSA) is 67.9 Å². The highest BCUT2D eigenvalue weighted by Crippen LogP contribution is 2.32. The highest BCUT2D eigenvalue weighted by Gasteiger charge is 2.50. The van der Waals surface area contributed by atoms with Gasteiger partial charge in [0.15, 0.2) is 0 Å². The lowest BCUT2D eigenvalue weighted by atomic mass is 9.84. The predicted molar refractivity (Wildman–Crippen MR) is 93.8 cm³/mol. The van der Waals surface area contributed by atoms with Gasteiger partial charge in [-0.15, -0.1) is 0 Å². The van der Waals surface area contributed by atoms with Crippen LogP contribution in [0.2, 0.25) is 0 Å². The van der Waals surface area contributed by atoms with Gasteiger partial charge in [0.1, 0.15) is 23.6 Å². The van der Waals surface area contributed by atoms with Crippen molar-refractivity contribution < 1.29 is 19.1 Å². The first-order valence-corrected chi connectivity index (χ1v) is 9.06. The molecule has 1 aliphatic heterocycles. The zero-order chi connectivity index (χ0) is 17.7. The molecule has 6 heteroatoms. The van der Waals surface area contributed by atoms with Crippen LogP contribution in [-0.4, -0.2) is 42.6 Å². The van der Waals surface area contributed by atoms with Gasteiger partial charge in [-0.05, 0) is 37.1 Å². The number of carbonyl (C=O) groups is 2. The van der Waals surface area contributed by atoms with Crippen LogP contribution in [0.1, 0.15) is 44.9 Å². The Morgan fingerprint density at radius 1 is 1.00 bits per heavy atom. The summed E-state index contributed by atoms with van der Waals surface area (Å²) < 4.78 is 10.8. The van der Waals surface area contributed by atoms with E-state index < -0.39 is 5.54 Å². The van der Waals surface area contributed by atoms with Gasteiger partial charge in [-0.1, -0.05) is 32.1 Å². The van der Waals surface area contributed by atoms with Crippen molar-refractivity contribution in [2.75, 3.05) is 20.3 Å². The molecule has 0 radical (unpaired) electrons. The van der Waals surface area contributed by atoms with Crippen LogP contribution in [0.5, 0.6) is 11.5 Å². The van der Waals surface area contributed by atoms with Crippen molar-refractivity contribution in [3.8, 4) is 11.5 Å². The van der Waals surface area contributed by atoms with E-state index in [-0.39, 0.29) is 25.1 Å². The molecule has 1 aromatic carbocycles. The van der Waals surface area contributed by atoms with Crippen LogP contribution in [0.15, 0.2) is 24.3 Å². The molecular weight excluding hydrogens is 320 g/mol. The lowest BCUT2D eigenvalue weighted by molar-refractivity contribution is -0.132. The van der Waals surface area contributed by atoms with Crippen LogP contribution < -0.4 is 14.8 Å². The van der Waals surface area contributed by atoms with E-state index in [4.69, 9.17) is 9.47 Å². The maximum absolute atomic E-state index is 12.9. The standard InChI is InChI=1S/C19H26N2O4/c1-24-15-7-9-16(10-8-15)25-14-13-21-17(22)19(20-18(21)23)11-5-3-2-4-6-12-19/h7-10H,2-6,11-14H2,1H3,(H,20,23). The quantitative estimate of drug-likeness (QED) is 0.832. The fourth-order valence-corrected chi connectivity index (χ4v) is 3.65. The molecule has 6 nitrogen and oxygen atoms in total. The van der Waals surface area contributed by atoms with E-state index in [9.17, 15) is 9.59 Å². The van der Waals surface area contributed by atoms with Gasteiger partial charge in [0.25, 0.3) is 5.91 Å². The number of rotatable bonds is 5. The Balaban J connectivity index is 1.56. The number of carbonyl (C=O) groups excluding carboxylic acids is 2. The van der Waals surface area contributed by atoms with Crippen molar-refractivity contribution in [3.05, 3.63) is 24.3 Å². The number of imide groups is 1. The number of urea groups is 1. The van der Waals surface area contributed by atoms with E-state index in [0.29, 0.717) is 5.75 Å². The number of benzene rings is 1. The van der Waals surface area contributed by atoms with Crippen molar-refractivity contribution in [2.45, 2.75) is 50.5 Å². The lowest BCUT2D eigenvalue weighted by Gasteiger charge is -2.28. The normalized spacial score (nSPS) is 20.1. The SMILES string of the molecule is COc1ccc(OCCN2C(=O)NC3(CCCCCCC3)C2=O)cc1. The third kappa shape index (κ3) is 3.89. The van der Waals surface area contributed by atoms with Crippen LogP contribution >= 0.6 is 0 Å². The fraction of sp³-hybridized carbons (Fsp3) is 0.579. The average Bonchev–Trinajstić information content (AvgIpc) is 2.84. The highest BCUT2D eigenvalue weighted by atomic mass is 16.5. The summed E-state index contributed by atoms with van der Waals surface area (Å²) in [6, 6.07) is 6.95. The Morgan fingerprint density at radius 2 is 1.60 bits per heavy atom. The zero-order valence-electron chi connectivity index (χ0n) is 14.8. The van der Waals surface area contributed by atoms with Crippen molar-refractivity contribution in [1.82, 2.24) is 10.2 Å². The van der Waals surface area contributed by atoms with E-state index in [2.05, 4.69) is 5.32 Å². The molecule has 136 valence electrons. The van der Waals surface area contributed by atoms with Crippen LogP contribution in [0.4, 0.5) is 4.79 Å². The smallest absolute Gasteiger partial charge is 0.325 e. The monoisotopic (exact) mass is 346 g/mol. The first-order valence-electron chi connectivity index (χ1n) is 9.06. The van der Waals surface area contributed by atoms with E-state index in [1.807, 2.05) is 12.1 Å². The molecule has 1 saturated carbocycles. The second-order valence-electron chi connectivity index (χ2n) is 6.76. The second-order valence-corrected chi connectivity index (χ2v) is 6.76. The number of nitrogens with zero attached hydrogens (tertiary/aromatic N) is 1. The maximum atomic E-state index is 12.9. The van der Waals surface area contributed by atoms with E-state index >= 15 is 0 Å². The lowest BCUT2D eigenvalue weighted by Crippen LogP contribution is -2.47. The van der Waals surface area contributed by atoms with Crippen LogP contribution in [0.3, 0.4) is 0 Å². The van der Waals surface area contributed by atoms with Crippen LogP contribution in [0.25, 0.3) is 0 Å². The van der Waals surface area contributed by atoms with Crippen molar-refractivity contribution in [2.24, 2.45) is 0 Å². The summed E-state index contributed by atoms with van der Waals surface area (Å²) in [5, 5.41) is 2.97. The number of ether oxygens (including phenoxy) is 2. The molecule has 1 aliphatic carbocycles. The van der Waals surface area contributed by atoms with E-state index in [1.165, 1.54) is 11.3 Å². The van der Waals surface area contributed by atoms with Gasteiger partial charge in [-0.25, -0.2) is 4.79 Å².